The molecule has 0 unspecified atom stereocenters. The van der Waals surface area contributed by atoms with Crippen molar-refractivity contribution in [1.29, 1.82) is 0 Å². The van der Waals surface area contributed by atoms with Crippen LogP contribution in [0.4, 0.5) is 0 Å². The Morgan fingerprint density at radius 2 is 1.81 bits per heavy atom. The molecule has 138 valence electrons. The predicted molar refractivity (Wildman–Crippen MR) is 101 cm³/mol. The molecule has 0 bridgehead atoms. The molecule has 0 spiro atoms. The van der Waals surface area contributed by atoms with Gasteiger partial charge in [-0.15, -0.1) is 0 Å². The molecule has 1 aliphatic heterocycles. The van der Waals surface area contributed by atoms with Crippen molar-refractivity contribution in [2.45, 2.75) is 32.8 Å². The fourth-order valence-electron chi connectivity index (χ4n) is 2.80. The average molecular weight is 373 g/mol. The number of ether oxygens (including phenoxy) is 1. The van der Waals surface area contributed by atoms with Crippen LogP contribution in [0.2, 0.25) is 0 Å². The van der Waals surface area contributed by atoms with Crippen LogP contribution in [-0.4, -0.2) is 41.9 Å². The zero-order valence-corrected chi connectivity index (χ0v) is 15.8. The van der Waals surface area contributed by atoms with Crippen LogP contribution in [0.15, 0.2) is 41.9 Å². The summed E-state index contributed by atoms with van der Waals surface area (Å²) in [6.45, 7) is 4.69. The Kier molecular flexibility index (Phi) is 5.68. The lowest BCUT2D eigenvalue weighted by Gasteiger charge is -2.30. The van der Waals surface area contributed by atoms with Crippen LogP contribution in [0.5, 0.6) is 5.88 Å². The molecule has 2 aromatic rings. The second-order valence-corrected chi connectivity index (χ2v) is 8.24. The molecule has 0 N–H and O–H groups in total. The maximum Gasteiger partial charge on any atom is 0.236 e. The number of aromatic nitrogens is 2. The summed E-state index contributed by atoms with van der Waals surface area (Å²) in [4.78, 5) is 8.27. The van der Waals surface area contributed by atoms with Gasteiger partial charge in [-0.25, -0.2) is 13.4 Å². The first-order valence-electron chi connectivity index (χ1n) is 8.63. The molecule has 1 aliphatic rings. The highest BCUT2D eigenvalue weighted by atomic mass is 32.2. The van der Waals surface area contributed by atoms with E-state index in [9.17, 15) is 8.42 Å². The number of rotatable bonds is 5. The molecule has 3 rings (SSSR count). The van der Waals surface area contributed by atoms with Crippen molar-refractivity contribution >= 4 is 16.1 Å². The third-order valence-electron chi connectivity index (χ3n) is 4.31. The molecule has 6 nitrogen and oxygen atoms in total. The van der Waals surface area contributed by atoms with Gasteiger partial charge in [0.05, 0.1) is 0 Å². The second kappa shape index (κ2) is 7.97. The molecule has 1 aromatic carbocycles. The largest absolute Gasteiger partial charge is 0.474 e. The van der Waals surface area contributed by atoms with Gasteiger partial charge in [0.1, 0.15) is 11.9 Å². The number of benzene rings is 1. The molecule has 1 fully saturated rings. The quantitative estimate of drug-likeness (QED) is 0.806. The smallest absolute Gasteiger partial charge is 0.236 e. The molecular formula is C19H23N3O3S. The summed E-state index contributed by atoms with van der Waals surface area (Å²) in [7, 11) is -3.42. The van der Waals surface area contributed by atoms with Gasteiger partial charge in [-0.1, -0.05) is 29.8 Å². The maximum absolute atomic E-state index is 12.5. The van der Waals surface area contributed by atoms with E-state index in [0.29, 0.717) is 37.6 Å². The van der Waals surface area contributed by atoms with E-state index < -0.39 is 10.0 Å². The summed E-state index contributed by atoms with van der Waals surface area (Å²) in [6, 6.07) is 9.46. The van der Waals surface area contributed by atoms with Crippen LogP contribution >= 0.6 is 0 Å². The molecule has 0 aliphatic carbocycles. The molecule has 26 heavy (non-hydrogen) atoms. The third-order valence-corrected chi connectivity index (χ3v) is 5.87. The van der Waals surface area contributed by atoms with Gasteiger partial charge in [0.2, 0.25) is 15.9 Å². The molecule has 2 heterocycles. The van der Waals surface area contributed by atoms with Crippen LogP contribution in [0, 0.1) is 13.8 Å². The van der Waals surface area contributed by atoms with Crippen LogP contribution in [-0.2, 0) is 10.0 Å². The molecule has 0 atom stereocenters. The third kappa shape index (κ3) is 4.89. The summed E-state index contributed by atoms with van der Waals surface area (Å²) < 4.78 is 32.4. The number of piperidine rings is 1. The summed E-state index contributed by atoms with van der Waals surface area (Å²) >= 11 is 0. The standard InChI is InChI=1S/C19H23N3O3S/c1-15-3-5-17(6-4-15)10-14-26(23,24)22-12-8-18(9-13-22)25-19-7-11-20-16(2)21-19/h3-7,10-11,14,18H,8-9,12-13H2,1-2H3/b14-10+. The molecule has 7 heteroatoms. The minimum atomic E-state index is -3.42. The number of hydrogen-bond donors (Lipinski definition) is 0. The van der Waals surface area contributed by atoms with Gasteiger partial charge >= 0.3 is 0 Å². The van der Waals surface area contributed by atoms with Crippen LogP contribution < -0.4 is 4.74 Å². The second-order valence-electron chi connectivity index (χ2n) is 6.42. The van der Waals surface area contributed by atoms with Gasteiger partial charge in [0.15, 0.2) is 0 Å². The summed E-state index contributed by atoms with van der Waals surface area (Å²) in [5, 5.41) is 1.28. The summed E-state index contributed by atoms with van der Waals surface area (Å²) in [5.41, 5.74) is 2.02. The molecule has 0 radical (unpaired) electrons. The number of aryl methyl sites for hydroxylation is 2. The molecule has 0 saturated carbocycles. The highest BCUT2D eigenvalue weighted by molar-refractivity contribution is 7.92. The van der Waals surface area contributed by atoms with E-state index in [1.807, 2.05) is 38.1 Å². The van der Waals surface area contributed by atoms with Crippen molar-refractivity contribution in [3.05, 3.63) is 58.9 Å². The van der Waals surface area contributed by atoms with E-state index in [1.165, 1.54) is 9.71 Å². The SMILES string of the molecule is Cc1ccc(/C=C/S(=O)(=O)N2CCC(Oc3ccnc(C)n3)CC2)cc1. The van der Waals surface area contributed by atoms with Crippen molar-refractivity contribution < 1.29 is 13.2 Å². The van der Waals surface area contributed by atoms with E-state index in [2.05, 4.69) is 9.97 Å². The van der Waals surface area contributed by atoms with E-state index >= 15 is 0 Å². The van der Waals surface area contributed by atoms with E-state index in [-0.39, 0.29) is 6.10 Å². The van der Waals surface area contributed by atoms with Gasteiger partial charge in [-0.3, -0.25) is 0 Å². The number of nitrogens with zero attached hydrogens (tertiary/aromatic N) is 3. The Morgan fingerprint density at radius 3 is 2.46 bits per heavy atom. The first-order valence-corrected chi connectivity index (χ1v) is 10.1. The average Bonchev–Trinajstić information content (AvgIpc) is 2.62. The zero-order valence-electron chi connectivity index (χ0n) is 15.0. The topological polar surface area (TPSA) is 72.4 Å². The normalized spacial score (nSPS) is 16.8. The Hall–Kier alpha value is -2.25. The van der Waals surface area contributed by atoms with Crippen LogP contribution in [0.3, 0.4) is 0 Å². The maximum atomic E-state index is 12.5. The minimum Gasteiger partial charge on any atom is -0.474 e. The lowest BCUT2D eigenvalue weighted by molar-refractivity contribution is 0.130. The molecular weight excluding hydrogens is 350 g/mol. The van der Waals surface area contributed by atoms with Crippen molar-refractivity contribution in [2.75, 3.05) is 13.1 Å². The van der Waals surface area contributed by atoms with Crippen LogP contribution in [0.1, 0.15) is 29.8 Å². The zero-order chi connectivity index (χ0) is 18.6. The Bertz CT molecular complexity index is 871. The molecule has 1 saturated heterocycles. The predicted octanol–water partition coefficient (Wildman–Crippen LogP) is 2.94. The van der Waals surface area contributed by atoms with Crippen molar-refractivity contribution in [3.63, 3.8) is 0 Å². The lowest BCUT2D eigenvalue weighted by atomic mass is 10.1. The summed E-state index contributed by atoms with van der Waals surface area (Å²) in [5.74, 6) is 1.20. The molecule has 1 aromatic heterocycles. The van der Waals surface area contributed by atoms with Gasteiger partial charge in [0.25, 0.3) is 0 Å². The number of sulfonamides is 1. The van der Waals surface area contributed by atoms with Crippen molar-refractivity contribution in [3.8, 4) is 5.88 Å². The minimum absolute atomic E-state index is 0.0307. The van der Waals surface area contributed by atoms with E-state index in [4.69, 9.17) is 4.74 Å². The van der Waals surface area contributed by atoms with Gasteiger partial charge in [-0.2, -0.15) is 9.29 Å². The van der Waals surface area contributed by atoms with E-state index in [1.54, 1.807) is 18.3 Å². The Morgan fingerprint density at radius 1 is 1.12 bits per heavy atom. The highest BCUT2D eigenvalue weighted by Gasteiger charge is 2.27. The van der Waals surface area contributed by atoms with Crippen LogP contribution in [0.25, 0.3) is 6.08 Å². The fraction of sp³-hybridized carbons (Fsp3) is 0.368. The van der Waals surface area contributed by atoms with Crippen molar-refractivity contribution in [2.24, 2.45) is 0 Å². The monoisotopic (exact) mass is 373 g/mol. The lowest BCUT2D eigenvalue weighted by Crippen LogP contribution is -2.41. The van der Waals surface area contributed by atoms with Gasteiger partial charge in [-0.05, 0) is 38.3 Å². The van der Waals surface area contributed by atoms with E-state index in [0.717, 1.165) is 11.1 Å². The van der Waals surface area contributed by atoms with Gasteiger partial charge in [0, 0.05) is 30.8 Å². The Labute approximate surface area is 154 Å². The number of hydrogen-bond acceptors (Lipinski definition) is 5. The molecule has 0 amide bonds. The Balaban J connectivity index is 1.57. The van der Waals surface area contributed by atoms with Gasteiger partial charge < -0.3 is 4.74 Å². The summed E-state index contributed by atoms with van der Waals surface area (Å²) in [6.07, 6.45) is 4.55. The van der Waals surface area contributed by atoms with Crippen molar-refractivity contribution in [1.82, 2.24) is 14.3 Å². The highest BCUT2D eigenvalue weighted by Crippen LogP contribution is 2.20. The first-order chi connectivity index (χ1) is 12.4. The fourth-order valence-corrected chi connectivity index (χ4v) is 4.02. The first kappa shape index (κ1) is 18.5.